The number of aromatic amines is 3. The van der Waals surface area contributed by atoms with Crippen molar-refractivity contribution in [1.82, 2.24) is 98.0 Å². The van der Waals surface area contributed by atoms with Crippen LogP contribution in [0.25, 0.3) is 88.6 Å². The third-order valence-electron chi connectivity index (χ3n) is 21.9. The predicted octanol–water partition coefficient (Wildman–Crippen LogP) is 17.7. The molecule has 0 aliphatic carbocycles. The largest absolute Gasteiger partial charge is 0.444 e. The number of sulfonamides is 1. The van der Waals surface area contributed by atoms with Crippen LogP contribution in [0, 0.1) is 45.3 Å². The summed E-state index contributed by atoms with van der Waals surface area (Å²) >= 11 is 4.12. The molecule has 0 saturated carbocycles. The number of nitrogens with zero attached hydrogens (tertiary/aromatic N) is 20. The van der Waals surface area contributed by atoms with Crippen LogP contribution in [0.15, 0.2) is 159 Å². The maximum atomic E-state index is 12.7. The summed E-state index contributed by atoms with van der Waals surface area (Å²) < 4.78 is 78.2. The zero-order chi connectivity index (χ0) is 98.4. The number of aromatic nitrogens is 16. The van der Waals surface area contributed by atoms with Gasteiger partial charge in [-0.05, 0) is 172 Å². The van der Waals surface area contributed by atoms with Crippen LogP contribution < -0.4 is 5.32 Å². The number of likely N-dealkylation sites (tertiary alicyclic amines) is 2. The lowest BCUT2D eigenvalue weighted by molar-refractivity contribution is -0.0314. The number of allylic oxidation sites excluding steroid dienone is 1. The van der Waals surface area contributed by atoms with Gasteiger partial charge in [0.1, 0.15) is 63.9 Å². The Labute approximate surface area is 797 Å². The molecule has 0 unspecified atom stereocenters. The fraction of sp³-hybridized carbons (Fsp3) is 0.489. The molecule has 16 heterocycles. The Morgan fingerprint density at radius 3 is 1.26 bits per heavy atom. The molecule has 40 heteroatoms. The van der Waals surface area contributed by atoms with E-state index in [1.807, 2.05) is 172 Å². The molecular formula is C94H127ClN24O10S3Si2. The molecule has 16 rings (SSSR count). The van der Waals surface area contributed by atoms with Crippen molar-refractivity contribution >= 4 is 115 Å². The lowest BCUT2D eigenvalue weighted by Gasteiger charge is -2.49. The van der Waals surface area contributed by atoms with E-state index in [9.17, 15) is 36.9 Å². The summed E-state index contributed by atoms with van der Waals surface area (Å²) in [6.07, 6.45) is 31.7. The van der Waals surface area contributed by atoms with Gasteiger partial charge in [0.15, 0.2) is 0 Å². The van der Waals surface area contributed by atoms with Crippen molar-refractivity contribution < 1.29 is 45.4 Å². The molecule has 0 spiro atoms. The number of H-pyrrole nitrogens is 3. The van der Waals surface area contributed by atoms with E-state index in [2.05, 4.69) is 168 Å². The van der Waals surface area contributed by atoms with Gasteiger partial charge >= 0.3 is 12.2 Å². The second-order valence-corrected chi connectivity index (χ2v) is 59.8. The number of rotatable bonds is 21. The first kappa shape index (κ1) is 105. The number of fused-ring (bicyclic) bond motifs is 4. The van der Waals surface area contributed by atoms with Gasteiger partial charge in [0.2, 0.25) is 19.1 Å². The van der Waals surface area contributed by atoms with E-state index in [-0.39, 0.29) is 48.4 Å². The zero-order valence-electron chi connectivity index (χ0n) is 80.6. The fourth-order valence-electron chi connectivity index (χ4n) is 14.2. The van der Waals surface area contributed by atoms with Gasteiger partial charge in [-0.15, -0.1) is 0 Å². The number of hydrogen-bond donors (Lipinski definition) is 5. The molecule has 4 aliphatic rings. The van der Waals surface area contributed by atoms with Crippen LogP contribution in [0.5, 0.6) is 0 Å². The Hall–Kier alpha value is -11.3. The fourth-order valence-corrected chi connectivity index (χ4v) is 17.3. The Balaban J connectivity index is 0.000000172. The molecule has 4 fully saturated rings. The van der Waals surface area contributed by atoms with Crippen molar-refractivity contribution in [1.29, 1.82) is 21.0 Å². The van der Waals surface area contributed by atoms with Crippen molar-refractivity contribution in [2.45, 2.75) is 230 Å². The van der Waals surface area contributed by atoms with E-state index in [4.69, 9.17) is 40.2 Å². The summed E-state index contributed by atoms with van der Waals surface area (Å²) in [5.41, 5.74) is 10.2. The standard InChI is InChI=1S/C26H36N6O3Si.C19H22N6O2S.C16H22N4OSi.C15H14N6.C10H14N2O2.C4H9ClO2S.C4H10S/c1-25(2,3)35-24(33)31-17-26(18-31,9-10-27)32-16-20(15-29-32)21-7-11-28-23-22(21)8-12-30(23)19-34-13-14-36(4,5)6;1-18(2,3)28(26,27)24-12-19(13-24,6-7-20)25-11-14(10-23-25)15-4-8-21-17-16(15)5-9-22-17;1-22(2,3)9-8-21-12-20-7-5-15-14(4-6-17-16(15)20)13-10-18-19-11-13;16-4-3-15(9-17-10-15)21-8-11(7-20-21)12-1-5-18-14-13(12)2-6-19-14;1-10(2,3)14-9(13)12-6-8(7-12)4-5-11;1-4(2,3)8(5,6)7;1-4(2,3)5/h7-8,11-12,15-16H,9,13-14,17-19H2,1-6H3;4-5,8-11H,6,12-13H2,1-3H3,(H,21,22);4-7,10-11H,8-9,12H2,1-3H3,(H,18,19);1-2,5-8,17H,3,9-10H2,(H,18,19);4H,6-7H2,1-3H3;1-3H3;5H,1-3H3. The zero-order valence-corrected chi connectivity index (χ0v) is 85.9. The average molecular weight is 1940 g/mol. The van der Waals surface area contributed by atoms with E-state index in [1.54, 1.807) is 80.8 Å². The number of carbonyl (C=O) groups is 2. The van der Waals surface area contributed by atoms with Gasteiger partial charge < -0.3 is 53.2 Å². The molecule has 0 bridgehead atoms. The molecule has 2 amide bonds. The monoisotopic (exact) mass is 1940 g/mol. The lowest BCUT2D eigenvalue weighted by Crippen LogP contribution is -2.66. The van der Waals surface area contributed by atoms with E-state index < -0.39 is 67.0 Å². The van der Waals surface area contributed by atoms with E-state index in [0.717, 1.165) is 127 Å². The molecule has 0 aromatic carbocycles. The molecule has 12 aromatic heterocycles. The van der Waals surface area contributed by atoms with Gasteiger partial charge in [0.25, 0.3) is 0 Å². The highest BCUT2D eigenvalue weighted by molar-refractivity contribution is 8.14. The third kappa shape index (κ3) is 27.3. The molecule has 4 saturated heterocycles. The molecule has 12 aromatic rings. The minimum absolute atomic E-state index is 0.194. The maximum absolute atomic E-state index is 12.7. The number of pyridine rings is 4. The van der Waals surface area contributed by atoms with Crippen molar-refractivity contribution in [3.63, 3.8) is 0 Å². The highest BCUT2D eigenvalue weighted by atomic mass is 35.7. The number of hydrogen-bond acceptors (Lipinski definition) is 24. The Morgan fingerprint density at radius 1 is 0.522 bits per heavy atom. The topological polar surface area (TPSA) is 431 Å². The first-order valence-electron chi connectivity index (χ1n) is 44.2. The van der Waals surface area contributed by atoms with Gasteiger partial charge in [-0.1, -0.05) is 60.1 Å². The van der Waals surface area contributed by atoms with E-state index in [0.29, 0.717) is 46.1 Å². The highest BCUT2D eigenvalue weighted by Crippen LogP contribution is 2.41. The van der Waals surface area contributed by atoms with Gasteiger partial charge in [0, 0.05) is 208 Å². The summed E-state index contributed by atoms with van der Waals surface area (Å²) in [4.78, 5) is 50.9. The molecule has 4 N–H and O–H groups in total. The second kappa shape index (κ2) is 42.7. The van der Waals surface area contributed by atoms with Crippen LogP contribution in [0.1, 0.15) is 123 Å². The van der Waals surface area contributed by atoms with Crippen molar-refractivity contribution in [3.8, 4) is 68.8 Å². The molecular weight excluding hydrogens is 1810 g/mol. The smallest absolute Gasteiger partial charge is 0.410 e. The van der Waals surface area contributed by atoms with Crippen LogP contribution in [0.2, 0.25) is 51.4 Å². The number of carbonyl (C=O) groups excluding carboxylic acids is 2. The van der Waals surface area contributed by atoms with Crippen molar-refractivity contribution in [2.75, 3.05) is 65.6 Å². The number of amides is 2. The Morgan fingerprint density at radius 2 is 0.903 bits per heavy atom. The van der Waals surface area contributed by atoms with Gasteiger partial charge in [0.05, 0.1) is 90.9 Å². The molecule has 34 nitrogen and oxygen atoms in total. The van der Waals surface area contributed by atoms with Crippen LogP contribution in [0.4, 0.5) is 9.59 Å². The van der Waals surface area contributed by atoms with E-state index in [1.165, 1.54) is 16.4 Å². The summed E-state index contributed by atoms with van der Waals surface area (Å²) in [6.45, 7) is 47.4. The summed E-state index contributed by atoms with van der Waals surface area (Å²) in [7, 11) is -3.99. The average Bonchev–Trinajstić information content (AvgIpc) is 1.35. The SMILES string of the molecule is CC(C)(C)OC(=O)N1CC(=CC#N)C1.CC(C)(C)OC(=O)N1CC(CC#N)(n2cc(-c3ccnc4c3ccn4COCC[Si](C)(C)C)cn2)C1.CC(C)(C)S.CC(C)(C)S(=O)(=O)Cl.CC(C)(C)S(=O)(=O)N1CC(CC#N)(n2cc(-c3ccnc4[nH]ccc34)cn2)C1.C[Si](C)(C)CCOCn1ccc2c(-c3cn[nH]c3)ccnc21.N#CCC1(n2cc(-c3ccnc4[nH]ccc34)cn2)CNC1. The summed E-state index contributed by atoms with van der Waals surface area (Å²) in [5, 5.41) is 64.1. The maximum Gasteiger partial charge on any atom is 0.410 e. The summed E-state index contributed by atoms with van der Waals surface area (Å²) in [6, 6.07) is 27.0. The molecule has 716 valence electrons. The quantitative estimate of drug-likeness (QED) is 0.0147. The Kier molecular flexibility index (Phi) is 33.4. The van der Waals surface area contributed by atoms with Crippen LogP contribution in [-0.4, -0.2) is 229 Å². The molecule has 0 atom stereocenters. The number of halogens is 1. The Bertz CT molecular complexity index is 6460. The number of ether oxygens (including phenoxy) is 4. The second-order valence-electron chi connectivity index (χ2n) is 41.2. The first-order chi connectivity index (χ1) is 62.6. The van der Waals surface area contributed by atoms with E-state index >= 15 is 0 Å². The molecule has 4 aliphatic heterocycles. The van der Waals surface area contributed by atoms with Gasteiger partial charge in [-0.2, -0.15) is 58.4 Å². The third-order valence-corrected chi connectivity index (χ3v) is 30.6. The minimum atomic E-state index is -3.43. The first-order valence-corrected chi connectivity index (χ1v) is 55.8. The van der Waals surface area contributed by atoms with Gasteiger partial charge in [-0.25, -0.2) is 46.4 Å². The lowest BCUT2D eigenvalue weighted by atomic mass is 9.87. The minimum Gasteiger partial charge on any atom is -0.444 e. The van der Waals surface area contributed by atoms with Crippen LogP contribution in [0.3, 0.4) is 0 Å². The summed E-state index contributed by atoms with van der Waals surface area (Å²) in [5.74, 6) is 0. The van der Waals surface area contributed by atoms with Gasteiger partial charge in [-0.3, -0.25) is 19.1 Å². The normalized spacial score (nSPS) is 15.3. The van der Waals surface area contributed by atoms with Crippen LogP contribution >= 0.6 is 23.3 Å². The number of nitrogens with one attached hydrogen (secondary N) is 4. The predicted molar refractivity (Wildman–Crippen MR) is 531 cm³/mol. The van der Waals surface area contributed by atoms with Crippen molar-refractivity contribution in [2.24, 2.45) is 0 Å². The number of thiol groups is 1. The molecule has 0 radical (unpaired) electrons. The highest BCUT2D eigenvalue weighted by Gasteiger charge is 2.53. The molecule has 134 heavy (non-hydrogen) atoms. The number of nitriles is 4. The van der Waals surface area contributed by atoms with Crippen molar-refractivity contribution in [3.05, 3.63) is 159 Å². The van der Waals surface area contributed by atoms with Crippen LogP contribution in [-0.2, 0) is 68.1 Å².